The van der Waals surface area contributed by atoms with Gasteiger partial charge in [-0.05, 0) is 51.3 Å². The number of hydrogen-bond donors (Lipinski definition) is 1. The molecule has 1 saturated heterocycles. The molecule has 2 amide bonds. The van der Waals surface area contributed by atoms with Crippen LogP contribution in [-0.2, 0) is 10.3 Å². The van der Waals surface area contributed by atoms with Gasteiger partial charge in [0.25, 0.3) is 0 Å². The molecule has 6 nitrogen and oxygen atoms in total. The number of aliphatic hydroxyl groups is 1. The Morgan fingerprint density at radius 3 is 2.28 bits per heavy atom. The zero-order chi connectivity index (χ0) is 21.2. The molecule has 1 aromatic carbocycles. The van der Waals surface area contributed by atoms with Crippen LogP contribution >= 0.6 is 0 Å². The van der Waals surface area contributed by atoms with Gasteiger partial charge < -0.3 is 14.9 Å². The van der Waals surface area contributed by atoms with Crippen molar-refractivity contribution in [1.29, 1.82) is 0 Å². The van der Waals surface area contributed by atoms with Crippen molar-refractivity contribution in [1.82, 2.24) is 14.7 Å². The van der Waals surface area contributed by atoms with Crippen molar-refractivity contribution in [2.45, 2.75) is 50.6 Å². The van der Waals surface area contributed by atoms with Crippen LogP contribution in [0.1, 0.15) is 45.1 Å². The fraction of sp³-hybridized carbons (Fsp3) is 0.652. The molecule has 2 fully saturated rings. The number of rotatable bonds is 7. The molecule has 1 aliphatic heterocycles. The smallest absolute Gasteiger partial charge is 0.321 e. The number of nitrogens with zero attached hydrogens (tertiary/aromatic N) is 3. The Kier molecular flexibility index (Phi) is 6.34. The standard InChI is InChI=1S/C23H35N3O3/c1-18(2)14-26-21(29)25(15-20(28)16-27)17-22(26)10-12-23(13-11-22,24(3)4)19-8-6-5-7-9-19/h5-9,18,27H,10-17H2,1-4H3/t22-,23+. The molecule has 1 aliphatic carbocycles. The summed E-state index contributed by atoms with van der Waals surface area (Å²) < 4.78 is 0. The highest BCUT2D eigenvalue weighted by molar-refractivity contribution is 5.87. The van der Waals surface area contributed by atoms with E-state index in [0.717, 1.165) is 25.7 Å². The minimum Gasteiger partial charge on any atom is -0.389 e. The van der Waals surface area contributed by atoms with E-state index >= 15 is 0 Å². The Hall–Kier alpha value is -1.92. The lowest BCUT2D eigenvalue weighted by Gasteiger charge is -2.51. The molecular formula is C23H35N3O3. The van der Waals surface area contributed by atoms with E-state index in [-0.39, 0.29) is 29.4 Å². The molecule has 0 unspecified atom stereocenters. The van der Waals surface area contributed by atoms with Crippen molar-refractivity contribution < 1.29 is 14.7 Å². The first kappa shape index (κ1) is 21.8. The Balaban J connectivity index is 1.87. The molecule has 0 radical (unpaired) electrons. The van der Waals surface area contributed by atoms with Gasteiger partial charge in [0.05, 0.1) is 12.1 Å². The molecule has 1 heterocycles. The van der Waals surface area contributed by atoms with Gasteiger partial charge in [-0.1, -0.05) is 44.2 Å². The Morgan fingerprint density at radius 2 is 1.76 bits per heavy atom. The van der Waals surface area contributed by atoms with E-state index in [4.69, 9.17) is 5.11 Å². The summed E-state index contributed by atoms with van der Waals surface area (Å²) in [5.41, 5.74) is 1.06. The highest BCUT2D eigenvalue weighted by atomic mass is 16.3. The summed E-state index contributed by atoms with van der Waals surface area (Å²) in [5, 5.41) is 9.14. The predicted molar refractivity (Wildman–Crippen MR) is 114 cm³/mol. The largest absolute Gasteiger partial charge is 0.389 e. The summed E-state index contributed by atoms with van der Waals surface area (Å²) in [6.07, 6.45) is 3.74. The number of benzene rings is 1. The molecule has 3 rings (SSSR count). The Labute approximate surface area is 174 Å². The molecule has 29 heavy (non-hydrogen) atoms. The molecule has 160 valence electrons. The molecule has 2 aliphatic rings. The average Bonchev–Trinajstić information content (AvgIpc) is 2.94. The molecule has 6 heteroatoms. The van der Waals surface area contributed by atoms with Crippen LogP contribution in [0.15, 0.2) is 30.3 Å². The van der Waals surface area contributed by atoms with Crippen molar-refractivity contribution in [2.75, 3.05) is 40.3 Å². The van der Waals surface area contributed by atoms with E-state index in [0.29, 0.717) is 19.0 Å². The van der Waals surface area contributed by atoms with Gasteiger partial charge in [0, 0.05) is 18.6 Å². The van der Waals surface area contributed by atoms with E-state index in [1.807, 2.05) is 11.0 Å². The summed E-state index contributed by atoms with van der Waals surface area (Å²) in [6, 6.07) is 10.6. The van der Waals surface area contributed by atoms with Gasteiger partial charge in [-0.15, -0.1) is 0 Å². The second-order valence-electron chi connectivity index (χ2n) is 9.36. The van der Waals surface area contributed by atoms with Crippen molar-refractivity contribution in [2.24, 2.45) is 5.92 Å². The third kappa shape index (κ3) is 4.05. The molecule has 1 aromatic rings. The summed E-state index contributed by atoms with van der Waals surface area (Å²) >= 11 is 0. The second-order valence-corrected chi connectivity index (χ2v) is 9.36. The molecular weight excluding hydrogens is 366 g/mol. The number of amides is 2. The minimum atomic E-state index is -0.515. The number of carbonyl (C=O) groups is 2. The minimum absolute atomic E-state index is 0.00316. The number of ketones is 1. The van der Waals surface area contributed by atoms with E-state index in [9.17, 15) is 9.59 Å². The fourth-order valence-corrected chi connectivity index (χ4v) is 5.20. The summed E-state index contributed by atoms with van der Waals surface area (Å²) in [6.45, 7) is 5.01. The zero-order valence-corrected chi connectivity index (χ0v) is 18.2. The van der Waals surface area contributed by atoms with Crippen LogP contribution in [0.3, 0.4) is 0 Å². The molecule has 1 spiro atoms. The van der Waals surface area contributed by atoms with Crippen molar-refractivity contribution in [3.63, 3.8) is 0 Å². The lowest BCUT2D eigenvalue weighted by Crippen LogP contribution is -2.56. The van der Waals surface area contributed by atoms with Gasteiger partial charge in [-0.2, -0.15) is 0 Å². The van der Waals surface area contributed by atoms with Gasteiger partial charge in [0.15, 0.2) is 5.78 Å². The SMILES string of the molecule is CC(C)CN1C(=O)N(CC(=O)CO)C[C@]12CC[C@](c1ccccc1)(N(C)C)CC2. The predicted octanol–water partition coefficient (Wildman–Crippen LogP) is 2.71. The fourth-order valence-electron chi connectivity index (χ4n) is 5.20. The zero-order valence-electron chi connectivity index (χ0n) is 18.2. The van der Waals surface area contributed by atoms with Crippen LogP contribution in [0.2, 0.25) is 0 Å². The van der Waals surface area contributed by atoms with E-state index in [2.05, 4.69) is 57.1 Å². The second kappa shape index (κ2) is 8.44. The van der Waals surface area contributed by atoms with Crippen LogP contribution in [0, 0.1) is 5.92 Å². The number of aliphatic hydroxyl groups excluding tert-OH is 1. The van der Waals surface area contributed by atoms with E-state index < -0.39 is 6.61 Å². The van der Waals surface area contributed by atoms with E-state index in [1.54, 1.807) is 4.90 Å². The van der Waals surface area contributed by atoms with Gasteiger partial charge in [-0.3, -0.25) is 9.69 Å². The lowest BCUT2D eigenvalue weighted by atomic mass is 9.68. The van der Waals surface area contributed by atoms with Gasteiger partial charge in [0.2, 0.25) is 0 Å². The van der Waals surface area contributed by atoms with Crippen molar-refractivity contribution >= 4 is 11.8 Å². The van der Waals surface area contributed by atoms with Crippen LogP contribution in [0.25, 0.3) is 0 Å². The lowest BCUT2D eigenvalue weighted by molar-refractivity contribution is -0.122. The summed E-state index contributed by atoms with van der Waals surface area (Å²) in [7, 11) is 4.28. The van der Waals surface area contributed by atoms with Crippen molar-refractivity contribution in [3.05, 3.63) is 35.9 Å². The molecule has 0 atom stereocenters. The van der Waals surface area contributed by atoms with Crippen LogP contribution < -0.4 is 0 Å². The maximum absolute atomic E-state index is 13.1. The topological polar surface area (TPSA) is 64.1 Å². The first-order valence-corrected chi connectivity index (χ1v) is 10.7. The number of Topliss-reactive ketones (excluding diaryl/α,β-unsaturated/α-hetero) is 1. The number of carbonyl (C=O) groups excluding carboxylic acids is 2. The van der Waals surface area contributed by atoms with Gasteiger partial charge in [0.1, 0.15) is 6.61 Å². The summed E-state index contributed by atoms with van der Waals surface area (Å²) in [5.74, 6) is 0.0570. The van der Waals surface area contributed by atoms with Crippen LogP contribution in [0.4, 0.5) is 4.79 Å². The van der Waals surface area contributed by atoms with Gasteiger partial charge >= 0.3 is 6.03 Å². The van der Waals surface area contributed by atoms with Crippen LogP contribution in [-0.4, -0.2) is 77.5 Å². The molecule has 0 aromatic heterocycles. The average molecular weight is 402 g/mol. The highest BCUT2D eigenvalue weighted by Gasteiger charge is 2.54. The molecule has 1 saturated carbocycles. The maximum atomic E-state index is 13.1. The molecule has 1 N–H and O–H groups in total. The first-order valence-electron chi connectivity index (χ1n) is 10.7. The normalized spacial score (nSPS) is 27.5. The Morgan fingerprint density at radius 1 is 1.14 bits per heavy atom. The maximum Gasteiger partial charge on any atom is 0.321 e. The Bertz CT molecular complexity index is 724. The van der Waals surface area contributed by atoms with Crippen molar-refractivity contribution in [3.8, 4) is 0 Å². The van der Waals surface area contributed by atoms with Gasteiger partial charge in [-0.25, -0.2) is 4.79 Å². The number of urea groups is 1. The third-order valence-electron chi connectivity index (χ3n) is 6.83. The third-order valence-corrected chi connectivity index (χ3v) is 6.83. The highest BCUT2D eigenvalue weighted by Crippen LogP contribution is 2.49. The van der Waals surface area contributed by atoms with E-state index in [1.165, 1.54) is 5.56 Å². The number of hydrogen-bond acceptors (Lipinski definition) is 4. The summed E-state index contributed by atoms with van der Waals surface area (Å²) in [4.78, 5) is 31.0. The van der Waals surface area contributed by atoms with Crippen LogP contribution in [0.5, 0.6) is 0 Å². The monoisotopic (exact) mass is 401 g/mol. The first-order chi connectivity index (χ1) is 13.7. The molecule has 0 bridgehead atoms. The quantitative estimate of drug-likeness (QED) is 0.763.